The van der Waals surface area contributed by atoms with E-state index in [1.165, 1.54) is 29.4 Å². The summed E-state index contributed by atoms with van der Waals surface area (Å²) in [6.07, 6.45) is 6.77. The number of nitrogens with zero attached hydrogens (tertiary/aromatic N) is 2. The van der Waals surface area contributed by atoms with Gasteiger partial charge >= 0.3 is 0 Å². The van der Waals surface area contributed by atoms with Crippen LogP contribution in [0.4, 0.5) is 0 Å². The largest absolute Gasteiger partial charge is 0.296 e. The molecule has 2 fully saturated rings. The molecule has 0 amide bonds. The van der Waals surface area contributed by atoms with E-state index in [0.717, 1.165) is 38.8 Å². The zero-order chi connectivity index (χ0) is 18.5. The van der Waals surface area contributed by atoms with Gasteiger partial charge in [0.05, 0.1) is 6.26 Å². The van der Waals surface area contributed by atoms with E-state index in [4.69, 9.17) is 0 Å². The molecule has 1 aromatic carbocycles. The summed E-state index contributed by atoms with van der Waals surface area (Å²) in [5.74, 6) is 1.17. The van der Waals surface area contributed by atoms with Crippen LogP contribution in [0, 0.1) is 11.8 Å². The van der Waals surface area contributed by atoms with Gasteiger partial charge in [0.25, 0.3) is 0 Å². The average Bonchev–Trinajstić information content (AvgIpc) is 2.57. The molecule has 0 N–H and O–H groups in total. The maximum absolute atomic E-state index is 12.3. The molecule has 4 rings (SSSR count). The Labute approximate surface area is 170 Å². The molecule has 0 aromatic heterocycles. The van der Waals surface area contributed by atoms with Crippen molar-refractivity contribution in [3.8, 4) is 0 Å². The lowest BCUT2D eigenvalue weighted by Gasteiger charge is -2.51. The molecule has 2 saturated heterocycles. The van der Waals surface area contributed by atoms with Crippen molar-refractivity contribution in [2.24, 2.45) is 11.8 Å². The molecule has 0 spiro atoms. The van der Waals surface area contributed by atoms with Crippen LogP contribution in [-0.4, -0.2) is 49.6 Å². The van der Waals surface area contributed by atoms with Gasteiger partial charge in [-0.2, -0.15) is 4.31 Å². The van der Waals surface area contributed by atoms with Crippen LogP contribution in [0.25, 0.3) is 0 Å². The highest BCUT2D eigenvalue weighted by atomic mass is 35.5. The number of sulfonamides is 1. The SMILES string of the molecule is CC(C)Cc1ccc2c(c1)CCN1C[C@H]3CCCN(S(C)(=O)=O)[C@H]3C[C@@H]21.Cl. The molecule has 0 aliphatic carbocycles. The van der Waals surface area contributed by atoms with E-state index < -0.39 is 10.0 Å². The maximum atomic E-state index is 12.3. The number of piperidine rings is 2. The van der Waals surface area contributed by atoms with Gasteiger partial charge in [0.1, 0.15) is 0 Å². The van der Waals surface area contributed by atoms with Gasteiger partial charge in [-0.1, -0.05) is 32.0 Å². The Morgan fingerprint density at radius 2 is 2.00 bits per heavy atom. The van der Waals surface area contributed by atoms with E-state index in [1.807, 2.05) is 0 Å². The lowest BCUT2D eigenvalue weighted by atomic mass is 9.77. The molecule has 1 aromatic rings. The fourth-order valence-corrected chi connectivity index (χ4v) is 6.69. The first-order valence-electron chi connectivity index (χ1n) is 10.2. The van der Waals surface area contributed by atoms with E-state index >= 15 is 0 Å². The second-order valence-corrected chi connectivity index (χ2v) is 10.9. The van der Waals surface area contributed by atoms with Gasteiger partial charge in [0.15, 0.2) is 0 Å². The Morgan fingerprint density at radius 1 is 1.22 bits per heavy atom. The molecule has 152 valence electrons. The maximum Gasteiger partial charge on any atom is 0.211 e. The van der Waals surface area contributed by atoms with Gasteiger partial charge in [-0.15, -0.1) is 12.4 Å². The highest BCUT2D eigenvalue weighted by molar-refractivity contribution is 7.88. The third kappa shape index (κ3) is 4.21. The van der Waals surface area contributed by atoms with Gasteiger partial charge in [0.2, 0.25) is 10.0 Å². The lowest BCUT2D eigenvalue weighted by molar-refractivity contribution is 0.0222. The summed E-state index contributed by atoms with van der Waals surface area (Å²) in [5.41, 5.74) is 4.38. The Balaban J connectivity index is 0.00000210. The Kier molecular flexibility index (Phi) is 6.26. The molecule has 3 aliphatic rings. The van der Waals surface area contributed by atoms with Crippen LogP contribution in [-0.2, 0) is 22.9 Å². The predicted molar refractivity (Wildman–Crippen MR) is 113 cm³/mol. The molecule has 27 heavy (non-hydrogen) atoms. The predicted octanol–water partition coefficient (Wildman–Crippen LogP) is 3.65. The van der Waals surface area contributed by atoms with Crippen LogP contribution >= 0.6 is 12.4 Å². The fourth-order valence-electron chi connectivity index (χ4n) is 5.48. The molecule has 6 heteroatoms. The Bertz CT molecular complexity index is 780. The average molecular weight is 413 g/mol. The van der Waals surface area contributed by atoms with Crippen LogP contribution in [0.1, 0.15) is 55.8 Å². The zero-order valence-corrected chi connectivity index (χ0v) is 18.4. The monoisotopic (exact) mass is 412 g/mol. The summed E-state index contributed by atoms with van der Waals surface area (Å²) in [5, 5.41) is 0. The molecule has 4 nitrogen and oxygen atoms in total. The first-order valence-corrected chi connectivity index (χ1v) is 12.0. The quantitative estimate of drug-likeness (QED) is 0.760. The zero-order valence-electron chi connectivity index (χ0n) is 16.7. The van der Waals surface area contributed by atoms with Crippen LogP contribution < -0.4 is 0 Å². The summed E-state index contributed by atoms with van der Waals surface area (Å²) < 4.78 is 26.4. The summed E-state index contributed by atoms with van der Waals surface area (Å²) in [6, 6.07) is 7.60. The second-order valence-electron chi connectivity index (χ2n) is 8.97. The van der Waals surface area contributed by atoms with Gasteiger partial charge in [-0.3, -0.25) is 4.90 Å². The van der Waals surface area contributed by atoms with Gasteiger partial charge in [0, 0.05) is 31.7 Å². The minimum absolute atomic E-state index is 0. The number of hydrogen-bond donors (Lipinski definition) is 0. The van der Waals surface area contributed by atoms with Crippen molar-refractivity contribution in [1.82, 2.24) is 9.21 Å². The summed E-state index contributed by atoms with van der Waals surface area (Å²) in [6.45, 7) is 7.41. The van der Waals surface area contributed by atoms with Crippen molar-refractivity contribution in [1.29, 1.82) is 0 Å². The van der Waals surface area contributed by atoms with Gasteiger partial charge in [-0.05, 0) is 60.6 Å². The van der Waals surface area contributed by atoms with Crippen molar-refractivity contribution in [3.05, 3.63) is 34.9 Å². The van der Waals surface area contributed by atoms with Gasteiger partial charge < -0.3 is 0 Å². The van der Waals surface area contributed by atoms with E-state index in [9.17, 15) is 8.42 Å². The number of benzene rings is 1. The van der Waals surface area contributed by atoms with Crippen LogP contribution in [0.3, 0.4) is 0 Å². The fraction of sp³-hybridized carbons (Fsp3) is 0.714. The number of halogens is 1. The van der Waals surface area contributed by atoms with Crippen LogP contribution in [0.15, 0.2) is 18.2 Å². The minimum Gasteiger partial charge on any atom is -0.296 e. The molecule has 0 bridgehead atoms. The minimum atomic E-state index is -3.12. The van der Waals surface area contributed by atoms with E-state index in [-0.39, 0.29) is 18.4 Å². The highest BCUT2D eigenvalue weighted by Gasteiger charge is 2.44. The van der Waals surface area contributed by atoms with E-state index in [0.29, 0.717) is 24.4 Å². The van der Waals surface area contributed by atoms with Crippen molar-refractivity contribution in [2.75, 3.05) is 25.9 Å². The normalized spacial score (nSPS) is 28.8. The third-order valence-electron chi connectivity index (χ3n) is 6.55. The first-order chi connectivity index (χ1) is 12.3. The molecule has 0 unspecified atom stereocenters. The highest BCUT2D eigenvalue weighted by Crippen LogP contribution is 2.43. The molecule has 3 atom stereocenters. The first kappa shape index (κ1) is 21.1. The standard InChI is InChI=1S/C21H32N2O2S.ClH/c1-15(2)11-16-6-7-19-17(12-16)8-10-22-14-18-5-4-9-23(26(3,24)25)20(18)13-21(19)22;/h6-7,12,15,18,20-21H,4-5,8-11,13-14H2,1-3H3;1H/t18-,20+,21+;/m1./s1. The van der Waals surface area contributed by atoms with Crippen LogP contribution in [0.2, 0.25) is 0 Å². The van der Waals surface area contributed by atoms with E-state index in [1.54, 1.807) is 4.31 Å². The van der Waals surface area contributed by atoms with Crippen molar-refractivity contribution >= 4 is 22.4 Å². The van der Waals surface area contributed by atoms with Crippen LogP contribution in [0.5, 0.6) is 0 Å². The smallest absolute Gasteiger partial charge is 0.211 e. The molecule has 0 radical (unpaired) electrons. The summed E-state index contributed by atoms with van der Waals surface area (Å²) in [7, 11) is -3.12. The number of hydrogen-bond acceptors (Lipinski definition) is 3. The second kappa shape index (κ2) is 8.02. The topological polar surface area (TPSA) is 40.6 Å². The molecular weight excluding hydrogens is 380 g/mol. The number of rotatable bonds is 3. The molecule has 3 aliphatic heterocycles. The Hall–Kier alpha value is -0.620. The Morgan fingerprint density at radius 3 is 2.70 bits per heavy atom. The summed E-state index contributed by atoms with van der Waals surface area (Å²) >= 11 is 0. The third-order valence-corrected chi connectivity index (χ3v) is 7.85. The van der Waals surface area contributed by atoms with E-state index in [2.05, 4.69) is 36.9 Å². The van der Waals surface area contributed by atoms with Crippen molar-refractivity contribution < 1.29 is 8.42 Å². The van der Waals surface area contributed by atoms with Crippen molar-refractivity contribution in [3.63, 3.8) is 0 Å². The molecule has 3 heterocycles. The molecular formula is C21H33ClN2O2S. The summed E-state index contributed by atoms with van der Waals surface area (Å²) in [4.78, 5) is 2.62. The van der Waals surface area contributed by atoms with Crippen molar-refractivity contribution in [2.45, 2.75) is 58.0 Å². The number of fused-ring (bicyclic) bond motifs is 4. The van der Waals surface area contributed by atoms with Gasteiger partial charge in [-0.25, -0.2) is 8.42 Å². The lowest BCUT2D eigenvalue weighted by Crippen LogP contribution is -2.57. The molecule has 0 saturated carbocycles.